The molecule has 0 aliphatic heterocycles. The molecule has 1 atom stereocenters. The number of hydrogen-bond donors (Lipinski definition) is 1. The third-order valence-corrected chi connectivity index (χ3v) is 3.50. The molecule has 2 nitrogen and oxygen atoms in total. The van der Waals surface area contributed by atoms with Gasteiger partial charge >= 0.3 is 0 Å². The number of rotatable bonds is 4. The van der Waals surface area contributed by atoms with Crippen molar-refractivity contribution in [2.45, 2.75) is 12.5 Å². The second-order valence-corrected chi connectivity index (χ2v) is 4.78. The normalized spacial score (nSPS) is 12.4. The van der Waals surface area contributed by atoms with Crippen LogP contribution in [0.15, 0.2) is 35.7 Å². The summed E-state index contributed by atoms with van der Waals surface area (Å²) in [6.45, 7) is 0. The van der Waals surface area contributed by atoms with Gasteiger partial charge in [-0.25, -0.2) is 4.39 Å². The van der Waals surface area contributed by atoms with Gasteiger partial charge in [-0.3, -0.25) is 0 Å². The van der Waals surface area contributed by atoms with E-state index in [0.717, 1.165) is 4.88 Å². The number of ether oxygens (including phenoxy) is 1. The van der Waals surface area contributed by atoms with Crippen LogP contribution in [-0.2, 0) is 6.42 Å². The maximum Gasteiger partial charge on any atom is 0.131 e. The van der Waals surface area contributed by atoms with Gasteiger partial charge in [0, 0.05) is 22.9 Å². The average molecular weight is 251 g/mol. The van der Waals surface area contributed by atoms with Crippen molar-refractivity contribution in [3.05, 3.63) is 52.0 Å². The summed E-state index contributed by atoms with van der Waals surface area (Å²) < 4.78 is 18.9. The predicted molar refractivity (Wildman–Crippen MR) is 67.9 cm³/mol. The minimum absolute atomic E-state index is 0.312. The van der Waals surface area contributed by atoms with Crippen molar-refractivity contribution >= 4 is 11.3 Å². The molecule has 1 aromatic heterocycles. The maximum absolute atomic E-state index is 13.8. The van der Waals surface area contributed by atoms with Gasteiger partial charge in [-0.2, -0.15) is 0 Å². The number of halogens is 1. The highest BCUT2D eigenvalue weighted by atomic mass is 32.1. The summed E-state index contributed by atoms with van der Waals surface area (Å²) in [6.07, 6.45) is 0.620. The number of hydrogen-bond acceptors (Lipinski definition) is 3. The zero-order chi connectivity index (χ0) is 12.3. The van der Waals surface area contributed by atoms with Gasteiger partial charge in [-0.15, -0.1) is 11.3 Å². The Morgan fingerprint density at radius 1 is 1.35 bits per heavy atom. The number of benzene rings is 1. The van der Waals surface area contributed by atoms with Crippen molar-refractivity contribution in [1.29, 1.82) is 0 Å². The van der Waals surface area contributed by atoms with E-state index in [2.05, 4.69) is 0 Å². The van der Waals surface area contributed by atoms with Gasteiger partial charge in [0.1, 0.15) is 11.6 Å². The Kier molecular flexibility index (Phi) is 3.76. The van der Waals surface area contributed by atoms with E-state index in [1.807, 2.05) is 17.5 Å². The molecule has 2 rings (SSSR count). The lowest BCUT2D eigenvalue weighted by molar-refractivity contribution is 0.399. The van der Waals surface area contributed by atoms with Crippen LogP contribution in [0, 0.1) is 5.82 Å². The Bertz CT molecular complexity index is 484. The molecule has 2 N–H and O–H groups in total. The molecule has 0 amide bonds. The molecule has 0 bridgehead atoms. The molecular weight excluding hydrogens is 237 g/mol. The summed E-state index contributed by atoms with van der Waals surface area (Å²) in [5.74, 6) is 0.197. The molecule has 4 heteroatoms. The summed E-state index contributed by atoms with van der Waals surface area (Å²) in [6, 6.07) is 8.34. The van der Waals surface area contributed by atoms with Crippen LogP contribution in [0.5, 0.6) is 5.75 Å². The fraction of sp³-hybridized carbons (Fsp3) is 0.231. The number of methoxy groups -OCH3 is 1. The first kappa shape index (κ1) is 12.1. The lowest BCUT2D eigenvalue weighted by atomic mass is 10.0. The van der Waals surface area contributed by atoms with Crippen LogP contribution in [0.1, 0.15) is 16.5 Å². The third-order valence-electron chi connectivity index (χ3n) is 2.60. The molecule has 90 valence electrons. The highest BCUT2D eigenvalue weighted by molar-refractivity contribution is 7.09. The average Bonchev–Trinajstić information content (AvgIpc) is 2.81. The van der Waals surface area contributed by atoms with Crippen LogP contribution < -0.4 is 10.5 Å². The minimum atomic E-state index is -0.384. The highest BCUT2D eigenvalue weighted by Gasteiger charge is 2.17. The first-order chi connectivity index (χ1) is 8.22. The molecule has 0 saturated heterocycles. The van der Waals surface area contributed by atoms with Crippen molar-refractivity contribution in [2.75, 3.05) is 7.11 Å². The molecule has 1 heterocycles. The summed E-state index contributed by atoms with van der Waals surface area (Å²) in [5, 5.41) is 1.99. The van der Waals surface area contributed by atoms with Gasteiger partial charge in [0.25, 0.3) is 0 Å². The van der Waals surface area contributed by atoms with Gasteiger partial charge in [-0.05, 0) is 23.6 Å². The van der Waals surface area contributed by atoms with E-state index in [9.17, 15) is 4.39 Å². The quantitative estimate of drug-likeness (QED) is 0.906. The molecular formula is C13H14FNOS. The van der Waals surface area contributed by atoms with E-state index in [4.69, 9.17) is 10.5 Å². The van der Waals surface area contributed by atoms with E-state index >= 15 is 0 Å². The largest absolute Gasteiger partial charge is 0.496 e. The highest BCUT2D eigenvalue weighted by Crippen LogP contribution is 2.29. The molecule has 0 aliphatic carbocycles. The van der Waals surface area contributed by atoms with Crippen molar-refractivity contribution in [1.82, 2.24) is 0 Å². The molecule has 0 fully saturated rings. The predicted octanol–water partition coefficient (Wildman–Crippen LogP) is 3.14. The number of nitrogens with two attached hydrogens (primary N) is 1. The van der Waals surface area contributed by atoms with Crippen molar-refractivity contribution in [2.24, 2.45) is 5.73 Å². The Balaban J connectivity index is 2.26. The van der Waals surface area contributed by atoms with Gasteiger partial charge in [0.05, 0.1) is 7.11 Å². The van der Waals surface area contributed by atoms with E-state index < -0.39 is 0 Å². The van der Waals surface area contributed by atoms with Gasteiger partial charge in [-0.1, -0.05) is 12.1 Å². The van der Waals surface area contributed by atoms with Crippen LogP contribution >= 0.6 is 11.3 Å². The van der Waals surface area contributed by atoms with E-state index in [-0.39, 0.29) is 11.9 Å². The SMILES string of the molecule is COc1cccc(F)c1C(N)Cc1cccs1. The molecule has 2 aromatic rings. The smallest absolute Gasteiger partial charge is 0.131 e. The van der Waals surface area contributed by atoms with Crippen LogP contribution in [-0.4, -0.2) is 7.11 Å². The molecule has 1 aromatic carbocycles. The third kappa shape index (κ3) is 2.65. The molecule has 0 saturated carbocycles. The summed E-state index contributed by atoms with van der Waals surface area (Å²) in [4.78, 5) is 1.14. The molecule has 1 unspecified atom stereocenters. The Labute approximate surface area is 104 Å². The fourth-order valence-electron chi connectivity index (χ4n) is 1.80. The Morgan fingerprint density at radius 2 is 2.18 bits per heavy atom. The molecule has 0 radical (unpaired) electrons. The topological polar surface area (TPSA) is 35.2 Å². The Hall–Kier alpha value is -1.39. The van der Waals surface area contributed by atoms with Crippen LogP contribution in [0.25, 0.3) is 0 Å². The van der Waals surface area contributed by atoms with Crippen molar-refractivity contribution < 1.29 is 9.13 Å². The summed E-state index contributed by atoms with van der Waals surface area (Å²) >= 11 is 1.62. The molecule has 0 aliphatic rings. The van der Waals surface area contributed by atoms with Crippen LogP contribution in [0.3, 0.4) is 0 Å². The second-order valence-electron chi connectivity index (χ2n) is 3.75. The summed E-state index contributed by atoms with van der Waals surface area (Å²) in [5.41, 5.74) is 6.50. The Morgan fingerprint density at radius 3 is 2.82 bits per heavy atom. The second kappa shape index (κ2) is 5.29. The number of thiophene rings is 1. The monoisotopic (exact) mass is 251 g/mol. The minimum Gasteiger partial charge on any atom is -0.496 e. The fourth-order valence-corrected chi connectivity index (χ4v) is 2.57. The molecule has 17 heavy (non-hydrogen) atoms. The van der Waals surface area contributed by atoms with Crippen molar-refractivity contribution in [3.8, 4) is 5.75 Å². The lowest BCUT2D eigenvalue weighted by Gasteiger charge is -2.15. The van der Waals surface area contributed by atoms with Gasteiger partial charge < -0.3 is 10.5 Å². The standard InChI is InChI=1S/C13H14FNOS/c1-16-12-6-2-5-10(14)13(12)11(15)8-9-4-3-7-17-9/h2-7,11H,8,15H2,1H3. The van der Waals surface area contributed by atoms with E-state index in [1.165, 1.54) is 13.2 Å². The maximum atomic E-state index is 13.8. The first-order valence-corrected chi connectivity index (χ1v) is 6.20. The first-order valence-electron chi connectivity index (χ1n) is 5.32. The van der Waals surface area contributed by atoms with Gasteiger partial charge in [0.15, 0.2) is 0 Å². The zero-order valence-electron chi connectivity index (χ0n) is 9.52. The van der Waals surface area contributed by atoms with E-state index in [1.54, 1.807) is 23.5 Å². The van der Waals surface area contributed by atoms with Crippen LogP contribution in [0.2, 0.25) is 0 Å². The van der Waals surface area contributed by atoms with Crippen LogP contribution in [0.4, 0.5) is 4.39 Å². The van der Waals surface area contributed by atoms with Gasteiger partial charge in [0.2, 0.25) is 0 Å². The summed E-state index contributed by atoms with van der Waals surface area (Å²) in [7, 11) is 1.52. The van der Waals surface area contributed by atoms with E-state index in [0.29, 0.717) is 17.7 Å². The lowest BCUT2D eigenvalue weighted by Crippen LogP contribution is -2.15. The van der Waals surface area contributed by atoms with Crippen molar-refractivity contribution in [3.63, 3.8) is 0 Å². The zero-order valence-corrected chi connectivity index (χ0v) is 10.3. The molecule has 0 spiro atoms.